The molecule has 0 saturated carbocycles. The predicted octanol–water partition coefficient (Wildman–Crippen LogP) is 5.66. The summed E-state index contributed by atoms with van der Waals surface area (Å²) in [6.07, 6.45) is -2.68. The van der Waals surface area contributed by atoms with Crippen LogP contribution >= 0.6 is 0 Å². The summed E-state index contributed by atoms with van der Waals surface area (Å²) in [5.74, 6) is 0.334. The highest BCUT2D eigenvalue weighted by Gasteiger charge is 2.36. The number of urea groups is 1. The third-order valence-electron chi connectivity index (χ3n) is 6.11. The number of alkyl halides is 3. The molecule has 1 aliphatic rings. The van der Waals surface area contributed by atoms with Gasteiger partial charge >= 0.3 is 12.2 Å². The van der Waals surface area contributed by atoms with Crippen molar-refractivity contribution < 1.29 is 18.0 Å². The molecular weight excluding hydrogens is 481 g/mol. The van der Waals surface area contributed by atoms with Gasteiger partial charge in [0.1, 0.15) is 0 Å². The Bertz CT molecular complexity index is 1320. The Kier molecular flexibility index (Phi) is 7.63. The number of nitrogens with zero attached hydrogens (tertiary/aromatic N) is 4. The summed E-state index contributed by atoms with van der Waals surface area (Å²) in [7, 11) is 0. The second-order valence-electron chi connectivity index (χ2n) is 8.50. The first-order valence-corrected chi connectivity index (χ1v) is 11.6. The average Bonchev–Trinajstić information content (AvgIpc) is 2.89. The Hall–Kier alpha value is -4.52. The number of guanidine groups is 1. The quantitative estimate of drug-likeness (QED) is 0.208. The van der Waals surface area contributed by atoms with Crippen molar-refractivity contribution >= 4 is 23.4 Å². The fraction of sp³-hybridized carbons (Fsp3) is 0.222. The van der Waals surface area contributed by atoms with E-state index in [1.807, 2.05) is 72.6 Å². The van der Waals surface area contributed by atoms with Crippen LogP contribution in [0.4, 0.5) is 29.3 Å². The number of para-hydroxylation sites is 2. The highest BCUT2D eigenvalue weighted by molar-refractivity contribution is 5.91. The Labute approximate surface area is 212 Å². The van der Waals surface area contributed by atoms with Gasteiger partial charge in [-0.3, -0.25) is 5.32 Å². The minimum atomic E-state index is -4.61. The van der Waals surface area contributed by atoms with Crippen LogP contribution in [0.1, 0.15) is 22.7 Å². The molecule has 1 fully saturated rings. The lowest BCUT2D eigenvalue weighted by Gasteiger charge is -2.42. The Morgan fingerprint density at radius 1 is 1.00 bits per heavy atom. The van der Waals surface area contributed by atoms with E-state index < -0.39 is 23.8 Å². The number of carbonyl (C=O) groups is 1. The van der Waals surface area contributed by atoms with Gasteiger partial charge in [0.25, 0.3) is 0 Å². The molecule has 0 aliphatic carbocycles. The molecule has 10 heteroatoms. The van der Waals surface area contributed by atoms with Gasteiger partial charge in [0.15, 0.2) is 6.19 Å². The van der Waals surface area contributed by atoms with Gasteiger partial charge in [-0.1, -0.05) is 60.7 Å². The number of anilines is 1. The van der Waals surface area contributed by atoms with Crippen molar-refractivity contribution in [3.63, 3.8) is 0 Å². The molecule has 0 radical (unpaired) electrons. The van der Waals surface area contributed by atoms with Crippen LogP contribution in [-0.2, 0) is 6.18 Å². The molecule has 2 N–H and O–H groups in total. The van der Waals surface area contributed by atoms with Crippen LogP contribution in [0.5, 0.6) is 0 Å². The molecule has 190 valence electrons. The molecule has 1 unspecified atom stereocenters. The van der Waals surface area contributed by atoms with Crippen molar-refractivity contribution in [2.45, 2.75) is 19.1 Å². The topological polar surface area (TPSA) is 83.8 Å². The van der Waals surface area contributed by atoms with Crippen LogP contribution in [0.2, 0.25) is 0 Å². The maximum Gasteiger partial charge on any atom is 0.418 e. The maximum absolute atomic E-state index is 13.5. The molecule has 0 aromatic heterocycles. The fourth-order valence-corrected chi connectivity index (χ4v) is 4.24. The molecule has 2 amide bonds. The second-order valence-corrected chi connectivity index (χ2v) is 8.50. The highest BCUT2D eigenvalue weighted by atomic mass is 19.4. The van der Waals surface area contributed by atoms with E-state index in [9.17, 15) is 23.2 Å². The number of halogens is 3. The van der Waals surface area contributed by atoms with Gasteiger partial charge in [-0.25, -0.2) is 9.79 Å². The standard InChI is InChI=1S/C27H25F3N6O/c1-19-9-5-7-13-22(19)33-25(32-18-31)35-15-16-36(24(17-35)20-10-3-2-4-11-20)26(37)34-23-14-8-6-12-21(23)27(28,29)30/h2-14,24H,15-17H2,1H3,(H,32,33)(H,34,37). The minimum Gasteiger partial charge on any atom is -0.338 e. The summed E-state index contributed by atoms with van der Waals surface area (Å²) < 4.78 is 40.5. The number of nitrogens with one attached hydrogen (secondary N) is 2. The number of nitriles is 1. The third kappa shape index (κ3) is 6.01. The van der Waals surface area contributed by atoms with Gasteiger partial charge in [-0.15, -0.1) is 0 Å². The number of carbonyl (C=O) groups excluding carboxylic acids is 1. The number of benzene rings is 3. The van der Waals surface area contributed by atoms with Crippen LogP contribution in [-0.4, -0.2) is 41.4 Å². The summed E-state index contributed by atoms with van der Waals surface area (Å²) in [6, 6.07) is 20.5. The van der Waals surface area contributed by atoms with E-state index >= 15 is 0 Å². The number of rotatable bonds is 3. The molecular formula is C27H25F3N6O. The van der Waals surface area contributed by atoms with Crippen molar-refractivity contribution in [3.05, 3.63) is 95.6 Å². The number of hydrogen-bond donors (Lipinski definition) is 2. The Morgan fingerprint density at radius 2 is 1.68 bits per heavy atom. The van der Waals surface area contributed by atoms with E-state index in [-0.39, 0.29) is 18.8 Å². The first kappa shape index (κ1) is 25.6. The van der Waals surface area contributed by atoms with E-state index in [1.54, 1.807) is 0 Å². The first-order valence-electron chi connectivity index (χ1n) is 11.6. The van der Waals surface area contributed by atoms with Crippen LogP contribution in [0.15, 0.2) is 83.9 Å². The third-order valence-corrected chi connectivity index (χ3v) is 6.11. The minimum absolute atomic E-state index is 0.194. The predicted molar refractivity (Wildman–Crippen MR) is 135 cm³/mol. The van der Waals surface area contributed by atoms with Crippen molar-refractivity contribution in [2.75, 3.05) is 25.0 Å². The Morgan fingerprint density at radius 3 is 2.38 bits per heavy atom. The smallest absolute Gasteiger partial charge is 0.338 e. The van der Waals surface area contributed by atoms with E-state index in [1.165, 1.54) is 23.1 Å². The largest absolute Gasteiger partial charge is 0.418 e. The van der Waals surface area contributed by atoms with Gasteiger partial charge in [0, 0.05) is 19.6 Å². The molecule has 1 heterocycles. The van der Waals surface area contributed by atoms with Crippen LogP contribution in [0.3, 0.4) is 0 Å². The van der Waals surface area contributed by atoms with Gasteiger partial charge < -0.3 is 15.1 Å². The zero-order valence-corrected chi connectivity index (χ0v) is 20.0. The molecule has 1 atom stereocenters. The van der Waals surface area contributed by atoms with Gasteiger partial charge in [0.05, 0.1) is 23.0 Å². The van der Waals surface area contributed by atoms with Gasteiger partial charge in [0.2, 0.25) is 5.96 Å². The second kappa shape index (κ2) is 11.0. The van der Waals surface area contributed by atoms with Crippen LogP contribution in [0.25, 0.3) is 0 Å². The lowest BCUT2D eigenvalue weighted by atomic mass is 10.0. The Balaban J connectivity index is 1.63. The maximum atomic E-state index is 13.5. The van der Waals surface area contributed by atoms with Crippen LogP contribution < -0.4 is 10.6 Å². The monoisotopic (exact) mass is 506 g/mol. The van der Waals surface area contributed by atoms with E-state index in [0.29, 0.717) is 18.2 Å². The molecule has 3 aromatic rings. The number of aliphatic imine (C=N–C) groups is 1. The summed E-state index contributed by atoms with van der Waals surface area (Å²) in [4.78, 5) is 21.3. The molecule has 3 aromatic carbocycles. The number of hydrogen-bond acceptors (Lipinski definition) is 3. The van der Waals surface area contributed by atoms with Crippen molar-refractivity contribution in [3.8, 4) is 6.19 Å². The molecule has 1 aliphatic heterocycles. The molecule has 0 bridgehead atoms. The molecule has 0 spiro atoms. The van der Waals surface area contributed by atoms with Crippen molar-refractivity contribution in [1.29, 1.82) is 5.26 Å². The van der Waals surface area contributed by atoms with Crippen molar-refractivity contribution in [2.24, 2.45) is 4.99 Å². The van der Waals surface area contributed by atoms with E-state index in [4.69, 9.17) is 0 Å². The summed E-state index contributed by atoms with van der Waals surface area (Å²) >= 11 is 0. The molecule has 7 nitrogen and oxygen atoms in total. The number of piperazine rings is 1. The van der Waals surface area contributed by atoms with Gasteiger partial charge in [-0.05, 0) is 36.2 Å². The van der Waals surface area contributed by atoms with Crippen molar-refractivity contribution in [1.82, 2.24) is 15.1 Å². The first-order chi connectivity index (χ1) is 17.8. The molecule has 37 heavy (non-hydrogen) atoms. The number of aryl methyl sites for hydroxylation is 1. The van der Waals surface area contributed by atoms with E-state index in [2.05, 4.69) is 15.6 Å². The zero-order valence-electron chi connectivity index (χ0n) is 20.0. The summed E-state index contributed by atoms with van der Waals surface area (Å²) in [6.45, 7) is 2.70. The SMILES string of the molecule is Cc1ccccc1N=C(NC#N)N1CCN(C(=O)Nc2ccccc2C(F)(F)F)C(c2ccccc2)C1. The lowest BCUT2D eigenvalue weighted by molar-refractivity contribution is -0.136. The molecule has 1 saturated heterocycles. The zero-order chi connectivity index (χ0) is 26.4. The normalized spacial score (nSPS) is 16.2. The van der Waals surface area contributed by atoms with Crippen LogP contribution in [0, 0.1) is 18.4 Å². The van der Waals surface area contributed by atoms with Gasteiger partial charge in [-0.2, -0.15) is 18.4 Å². The summed E-state index contributed by atoms with van der Waals surface area (Å²) in [5.41, 5.74) is 1.21. The summed E-state index contributed by atoms with van der Waals surface area (Å²) in [5, 5.41) is 14.5. The fourth-order valence-electron chi connectivity index (χ4n) is 4.24. The average molecular weight is 507 g/mol. The number of amides is 2. The van der Waals surface area contributed by atoms with E-state index in [0.717, 1.165) is 17.2 Å². The lowest BCUT2D eigenvalue weighted by Crippen LogP contribution is -2.55. The molecule has 4 rings (SSSR count). The highest BCUT2D eigenvalue weighted by Crippen LogP contribution is 2.35.